The van der Waals surface area contributed by atoms with Gasteiger partial charge in [-0.2, -0.15) is 0 Å². The molecule has 7 heteroatoms. The lowest BCUT2D eigenvalue weighted by Gasteiger charge is -2.13. The highest BCUT2D eigenvalue weighted by Crippen LogP contribution is 2.29. The van der Waals surface area contributed by atoms with Gasteiger partial charge in [-0.1, -0.05) is 29.1 Å². The highest BCUT2D eigenvalue weighted by Gasteiger charge is 2.21. The number of nitrogens with zero attached hydrogens (tertiary/aromatic N) is 4. The summed E-state index contributed by atoms with van der Waals surface area (Å²) in [6.07, 6.45) is 6.00. The van der Waals surface area contributed by atoms with Crippen LogP contribution in [-0.4, -0.2) is 19.7 Å². The van der Waals surface area contributed by atoms with E-state index in [2.05, 4.69) is 10.1 Å². The SMILES string of the molecule is Cc1ccnc(-n2c(SCc3noc4c3CCCC4)nc3ccccc3c2=O)c1. The number of benzene rings is 1. The maximum Gasteiger partial charge on any atom is 0.267 e. The second kappa shape index (κ2) is 7.48. The summed E-state index contributed by atoms with van der Waals surface area (Å²) in [7, 11) is 0. The fourth-order valence-electron chi connectivity index (χ4n) is 3.75. The van der Waals surface area contributed by atoms with Crippen molar-refractivity contribution in [2.75, 3.05) is 0 Å². The topological polar surface area (TPSA) is 73.8 Å². The fraction of sp³-hybridized carbons (Fsp3) is 0.273. The minimum Gasteiger partial charge on any atom is -0.361 e. The van der Waals surface area contributed by atoms with Crippen LogP contribution in [0.1, 0.15) is 35.4 Å². The van der Waals surface area contributed by atoms with Crippen molar-refractivity contribution in [1.29, 1.82) is 0 Å². The Morgan fingerprint density at radius 2 is 2.03 bits per heavy atom. The largest absolute Gasteiger partial charge is 0.361 e. The Morgan fingerprint density at radius 1 is 1.17 bits per heavy atom. The molecule has 0 aliphatic heterocycles. The molecule has 3 aromatic heterocycles. The van der Waals surface area contributed by atoms with Gasteiger partial charge in [-0.25, -0.2) is 14.5 Å². The molecule has 0 bridgehead atoms. The number of aryl methyl sites for hydroxylation is 2. The van der Waals surface area contributed by atoms with Crippen LogP contribution < -0.4 is 5.56 Å². The third-order valence-corrected chi connectivity index (χ3v) is 6.19. The van der Waals surface area contributed by atoms with E-state index in [1.165, 1.54) is 17.3 Å². The first-order valence-corrected chi connectivity index (χ1v) is 10.7. The van der Waals surface area contributed by atoms with Gasteiger partial charge in [-0.3, -0.25) is 4.79 Å². The monoisotopic (exact) mass is 404 g/mol. The molecule has 5 rings (SSSR count). The predicted molar refractivity (Wildman–Crippen MR) is 113 cm³/mol. The fourth-order valence-corrected chi connectivity index (χ4v) is 4.71. The molecule has 0 saturated heterocycles. The Balaban J connectivity index is 1.59. The number of fused-ring (bicyclic) bond motifs is 2. The zero-order valence-corrected chi connectivity index (χ0v) is 16.9. The number of aromatic nitrogens is 4. The normalized spacial score (nSPS) is 13.6. The van der Waals surface area contributed by atoms with E-state index in [4.69, 9.17) is 9.51 Å². The highest BCUT2D eigenvalue weighted by atomic mass is 32.2. The summed E-state index contributed by atoms with van der Waals surface area (Å²) in [6.45, 7) is 1.99. The molecule has 0 amide bonds. The molecular weight excluding hydrogens is 384 g/mol. The Hall–Kier alpha value is -2.93. The third-order valence-electron chi connectivity index (χ3n) is 5.24. The predicted octanol–water partition coefficient (Wildman–Crippen LogP) is 4.25. The summed E-state index contributed by atoms with van der Waals surface area (Å²) in [6, 6.07) is 11.2. The quantitative estimate of drug-likeness (QED) is 0.374. The minimum atomic E-state index is -0.113. The van der Waals surface area contributed by atoms with Crippen LogP contribution >= 0.6 is 11.8 Å². The van der Waals surface area contributed by atoms with Crippen molar-refractivity contribution < 1.29 is 4.52 Å². The van der Waals surface area contributed by atoms with Crippen LogP contribution in [0.4, 0.5) is 0 Å². The average molecular weight is 404 g/mol. The average Bonchev–Trinajstić information content (AvgIpc) is 3.15. The van der Waals surface area contributed by atoms with Gasteiger partial charge >= 0.3 is 0 Å². The summed E-state index contributed by atoms with van der Waals surface area (Å²) in [5.74, 6) is 2.20. The lowest BCUT2D eigenvalue weighted by Crippen LogP contribution is -2.22. The zero-order chi connectivity index (χ0) is 19.8. The molecule has 29 heavy (non-hydrogen) atoms. The number of rotatable bonds is 4. The Morgan fingerprint density at radius 3 is 2.93 bits per heavy atom. The molecule has 0 radical (unpaired) electrons. The van der Waals surface area contributed by atoms with E-state index < -0.39 is 0 Å². The van der Waals surface area contributed by atoms with E-state index in [0.29, 0.717) is 27.6 Å². The molecule has 0 fully saturated rings. The lowest BCUT2D eigenvalue weighted by molar-refractivity contribution is 0.369. The zero-order valence-electron chi connectivity index (χ0n) is 16.1. The van der Waals surface area contributed by atoms with Gasteiger partial charge < -0.3 is 4.52 Å². The van der Waals surface area contributed by atoms with E-state index in [-0.39, 0.29) is 5.56 Å². The van der Waals surface area contributed by atoms with Gasteiger partial charge in [0, 0.05) is 23.9 Å². The number of thioether (sulfide) groups is 1. The van der Waals surface area contributed by atoms with Crippen molar-refractivity contribution in [2.24, 2.45) is 0 Å². The molecule has 6 nitrogen and oxygen atoms in total. The summed E-state index contributed by atoms with van der Waals surface area (Å²) >= 11 is 1.50. The first-order valence-electron chi connectivity index (χ1n) is 9.74. The van der Waals surface area contributed by atoms with Crippen molar-refractivity contribution in [3.8, 4) is 5.82 Å². The van der Waals surface area contributed by atoms with Gasteiger partial charge in [0.2, 0.25) is 0 Å². The molecule has 4 aromatic rings. The van der Waals surface area contributed by atoms with Gasteiger partial charge in [0.1, 0.15) is 11.6 Å². The summed E-state index contributed by atoms with van der Waals surface area (Å²) in [5.41, 5.74) is 3.80. The van der Waals surface area contributed by atoms with Gasteiger partial charge in [-0.15, -0.1) is 0 Å². The molecule has 1 aliphatic rings. The van der Waals surface area contributed by atoms with Crippen molar-refractivity contribution in [3.63, 3.8) is 0 Å². The second-order valence-electron chi connectivity index (χ2n) is 7.27. The Kier molecular flexibility index (Phi) is 4.67. The van der Waals surface area contributed by atoms with Crippen LogP contribution in [0.2, 0.25) is 0 Å². The Labute approximate surface area is 172 Å². The van der Waals surface area contributed by atoms with Gasteiger partial charge in [-0.05, 0) is 56.0 Å². The van der Waals surface area contributed by atoms with Crippen molar-refractivity contribution in [2.45, 2.75) is 43.5 Å². The highest BCUT2D eigenvalue weighted by molar-refractivity contribution is 7.98. The second-order valence-corrected chi connectivity index (χ2v) is 8.21. The third kappa shape index (κ3) is 3.35. The molecule has 0 unspecified atom stereocenters. The van der Waals surface area contributed by atoms with Gasteiger partial charge in [0.05, 0.1) is 16.6 Å². The van der Waals surface area contributed by atoms with Crippen LogP contribution in [0.5, 0.6) is 0 Å². The number of para-hydroxylation sites is 1. The maximum absolute atomic E-state index is 13.3. The van der Waals surface area contributed by atoms with E-state index in [1.54, 1.807) is 16.8 Å². The molecule has 1 aromatic carbocycles. The minimum absolute atomic E-state index is 0.113. The van der Waals surface area contributed by atoms with E-state index >= 15 is 0 Å². The van der Waals surface area contributed by atoms with Crippen LogP contribution in [0.25, 0.3) is 16.7 Å². The summed E-state index contributed by atoms with van der Waals surface area (Å²) < 4.78 is 7.14. The molecule has 0 atom stereocenters. The number of pyridine rings is 1. The van der Waals surface area contributed by atoms with E-state index in [1.807, 2.05) is 37.3 Å². The van der Waals surface area contributed by atoms with Crippen LogP contribution in [0, 0.1) is 6.92 Å². The van der Waals surface area contributed by atoms with E-state index in [0.717, 1.165) is 42.7 Å². The summed E-state index contributed by atoms with van der Waals surface area (Å²) in [4.78, 5) is 22.5. The first kappa shape index (κ1) is 18.1. The Bertz CT molecular complexity index is 1260. The van der Waals surface area contributed by atoms with Crippen LogP contribution in [-0.2, 0) is 18.6 Å². The van der Waals surface area contributed by atoms with Crippen molar-refractivity contribution in [3.05, 3.63) is 75.5 Å². The van der Waals surface area contributed by atoms with Gasteiger partial charge in [0.25, 0.3) is 5.56 Å². The molecular formula is C22H20N4O2S. The lowest BCUT2D eigenvalue weighted by atomic mass is 9.97. The molecule has 0 spiro atoms. The molecule has 3 heterocycles. The van der Waals surface area contributed by atoms with Crippen LogP contribution in [0.3, 0.4) is 0 Å². The van der Waals surface area contributed by atoms with Crippen molar-refractivity contribution in [1.82, 2.24) is 19.7 Å². The molecule has 1 aliphatic carbocycles. The molecule has 0 saturated carbocycles. The molecule has 0 N–H and O–H groups in total. The van der Waals surface area contributed by atoms with Crippen molar-refractivity contribution >= 4 is 22.7 Å². The smallest absolute Gasteiger partial charge is 0.267 e. The molecule has 146 valence electrons. The first-order chi connectivity index (χ1) is 14.2. The van der Waals surface area contributed by atoms with E-state index in [9.17, 15) is 4.79 Å². The van der Waals surface area contributed by atoms with Gasteiger partial charge in [0.15, 0.2) is 5.16 Å². The maximum atomic E-state index is 13.3. The standard InChI is InChI=1S/C22H20N4O2S/c1-14-10-11-23-20(12-14)26-21(27)16-7-2-4-8-17(16)24-22(26)29-13-18-15-6-3-5-9-19(15)28-25-18/h2,4,7-8,10-12H,3,5-6,9,13H2,1H3. The van der Waals surface area contributed by atoms with Crippen LogP contribution in [0.15, 0.2) is 57.1 Å². The number of hydrogen-bond acceptors (Lipinski definition) is 6. The summed E-state index contributed by atoms with van der Waals surface area (Å²) in [5, 5.41) is 5.48. The number of hydrogen-bond donors (Lipinski definition) is 0.